The Hall–Kier alpha value is -2.95. The van der Waals surface area contributed by atoms with Crippen LogP contribution in [0.15, 0.2) is 24.2 Å². The van der Waals surface area contributed by atoms with Gasteiger partial charge in [-0.1, -0.05) is 6.92 Å². The van der Waals surface area contributed by atoms with E-state index in [9.17, 15) is 8.78 Å². The van der Waals surface area contributed by atoms with Crippen LogP contribution >= 0.6 is 0 Å². The molecule has 0 bridgehead atoms. The third-order valence-electron chi connectivity index (χ3n) is 6.08. The van der Waals surface area contributed by atoms with Crippen LogP contribution in [0.2, 0.25) is 0 Å². The Morgan fingerprint density at radius 2 is 2.12 bits per heavy atom. The van der Waals surface area contributed by atoms with Crippen molar-refractivity contribution in [1.29, 1.82) is 0 Å². The number of likely N-dealkylation sites (N-methyl/N-ethyl adjacent to an activating group) is 1. The summed E-state index contributed by atoms with van der Waals surface area (Å²) >= 11 is 0. The molecule has 1 saturated carbocycles. The quantitative estimate of drug-likeness (QED) is 0.432. The van der Waals surface area contributed by atoms with E-state index in [1.54, 1.807) is 22.7 Å². The number of alkyl halides is 2. The third-order valence-corrected chi connectivity index (χ3v) is 6.08. The Balaban J connectivity index is 1.54. The highest BCUT2D eigenvalue weighted by atomic mass is 19.3. The molecule has 33 heavy (non-hydrogen) atoms. The smallest absolute Gasteiger partial charge is 0.315 e. The number of nitrogens with two attached hydrogens (primary N) is 2. The minimum Gasteiger partial charge on any atom is -0.457 e. The van der Waals surface area contributed by atoms with E-state index < -0.39 is 5.92 Å². The van der Waals surface area contributed by atoms with E-state index in [2.05, 4.69) is 15.1 Å². The average Bonchev–Trinajstić information content (AvgIpc) is 3.49. The number of aryl methyl sites for hydroxylation is 1. The number of ether oxygens (including phenoxy) is 1. The fraction of sp³-hybridized carbons (Fsp3) is 0.591. The number of anilines is 1. The summed E-state index contributed by atoms with van der Waals surface area (Å²) in [5.74, 6) is 3.98. The molecule has 1 aliphatic carbocycles. The van der Waals surface area contributed by atoms with Gasteiger partial charge in [0, 0.05) is 26.6 Å². The van der Waals surface area contributed by atoms with Crippen molar-refractivity contribution >= 4 is 11.4 Å². The van der Waals surface area contributed by atoms with Gasteiger partial charge in [0.15, 0.2) is 0 Å². The highest BCUT2D eigenvalue weighted by Crippen LogP contribution is 2.33. The van der Waals surface area contributed by atoms with E-state index in [1.165, 1.54) is 24.2 Å². The maximum absolute atomic E-state index is 13.9. The number of hydrogen-bond donors (Lipinski definition) is 2. The van der Waals surface area contributed by atoms with E-state index in [0.29, 0.717) is 48.4 Å². The standard InChI is InChI=1S/C22H32F2N8O/c1-3-16-18(31-10-4-9-22(23,24)13-31)8-7-17(29-16)20(25)19(30(2)26)12-33-21-27-14-28-32(21)11-15-5-6-15/h7-8,14-15H,3-6,9-13,25-26H2,1-2H3/b20-19-. The topological polar surface area (TPSA) is 111 Å². The van der Waals surface area contributed by atoms with Gasteiger partial charge in [-0.3, -0.25) is 0 Å². The van der Waals surface area contributed by atoms with Crippen molar-refractivity contribution in [2.45, 2.75) is 51.5 Å². The molecule has 2 fully saturated rings. The van der Waals surface area contributed by atoms with Crippen LogP contribution in [0.5, 0.6) is 6.01 Å². The van der Waals surface area contributed by atoms with Crippen LogP contribution in [-0.2, 0) is 13.0 Å². The summed E-state index contributed by atoms with van der Waals surface area (Å²) < 4.78 is 35.5. The van der Waals surface area contributed by atoms with Crippen molar-refractivity contribution in [2.24, 2.45) is 17.5 Å². The van der Waals surface area contributed by atoms with E-state index in [4.69, 9.17) is 16.3 Å². The lowest BCUT2D eigenvalue weighted by atomic mass is 10.1. The SMILES string of the molecule is CCc1nc(/C(N)=C(\COc2ncnn2CC2CC2)N(C)N)ccc1N1CCCC(F)(F)C1. The molecule has 11 heteroatoms. The average molecular weight is 463 g/mol. The third kappa shape index (κ3) is 5.52. The number of nitrogens with zero attached hydrogens (tertiary/aromatic N) is 6. The number of pyridine rings is 1. The Morgan fingerprint density at radius 3 is 2.79 bits per heavy atom. The van der Waals surface area contributed by atoms with Crippen LogP contribution in [0.3, 0.4) is 0 Å². The van der Waals surface area contributed by atoms with Crippen LogP contribution < -0.4 is 21.2 Å². The predicted molar refractivity (Wildman–Crippen MR) is 121 cm³/mol. The normalized spacial score (nSPS) is 18.8. The number of piperidine rings is 1. The maximum Gasteiger partial charge on any atom is 0.315 e. The van der Waals surface area contributed by atoms with Gasteiger partial charge in [-0.2, -0.15) is 10.1 Å². The zero-order chi connectivity index (χ0) is 23.6. The maximum atomic E-state index is 13.9. The second kappa shape index (κ2) is 9.50. The molecule has 3 heterocycles. The molecule has 0 unspecified atom stereocenters. The number of hydrazine groups is 1. The molecule has 9 nitrogen and oxygen atoms in total. The minimum atomic E-state index is -2.69. The van der Waals surface area contributed by atoms with E-state index in [-0.39, 0.29) is 19.6 Å². The molecule has 0 aromatic carbocycles. The first kappa shape index (κ1) is 23.2. The van der Waals surface area contributed by atoms with Gasteiger partial charge < -0.3 is 20.4 Å². The zero-order valence-corrected chi connectivity index (χ0v) is 19.2. The first-order valence-corrected chi connectivity index (χ1v) is 11.4. The van der Waals surface area contributed by atoms with Crippen molar-refractivity contribution in [2.75, 3.05) is 31.6 Å². The first-order chi connectivity index (χ1) is 15.8. The summed E-state index contributed by atoms with van der Waals surface area (Å²) in [6.45, 7) is 3.11. The molecule has 0 radical (unpaired) electrons. The van der Waals surface area contributed by atoms with Crippen molar-refractivity contribution in [3.8, 4) is 6.01 Å². The molecule has 1 aliphatic heterocycles. The van der Waals surface area contributed by atoms with Crippen LogP contribution in [0.1, 0.15) is 44.0 Å². The predicted octanol–water partition coefficient (Wildman–Crippen LogP) is 2.39. The molecule has 2 aromatic heterocycles. The first-order valence-electron chi connectivity index (χ1n) is 11.4. The molecule has 4 rings (SSSR count). The van der Waals surface area contributed by atoms with E-state index >= 15 is 0 Å². The lowest BCUT2D eigenvalue weighted by Crippen LogP contribution is -2.43. The van der Waals surface area contributed by atoms with Gasteiger partial charge in [0.1, 0.15) is 12.9 Å². The minimum absolute atomic E-state index is 0.0766. The van der Waals surface area contributed by atoms with E-state index in [1.807, 2.05) is 13.0 Å². The Kier molecular flexibility index (Phi) is 6.68. The second-order valence-corrected chi connectivity index (χ2v) is 8.82. The second-order valence-electron chi connectivity index (χ2n) is 8.82. The van der Waals surface area contributed by atoms with Crippen LogP contribution in [0.25, 0.3) is 5.70 Å². The summed E-state index contributed by atoms with van der Waals surface area (Å²) in [5.41, 5.74) is 9.30. The van der Waals surface area contributed by atoms with Crippen LogP contribution in [-0.4, -0.2) is 57.4 Å². The molecule has 2 aliphatic rings. The lowest BCUT2D eigenvalue weighted by Gasteiger charge is -2.35. The monoisotopic (exact) mass is 462 g/mol. The fourth-order valence-corrected chi connectivity index (χ4v) is 4.05. The highest BCUT2D eigenvalue weighted by Gasteiger charge is 2.36. The largest absolute Gasteiger partial charge is 0.457 e. The Morgan fingerprint density at radius 1 is 1.33 bits per heavy atom. The van der Waals surface area contributed by atoms with E-state index in [0.717, 1.165) is 17.9 Å². The summed E-state index contributed by atoms with van der Waals surface area (Å²) in [7, 11) is 1.67. The van der Waals surface area contributed by atoms with Gasteiger partial charge in [-0.25, -0.2) is 24.3 Å². The Labute approximate surface area is 192 Å². The molecular weight excluding hydrogens is 430 g/mol. The highest BCUT2D eigenvalue weighted by molar-refractivity contribution is 5.65. The van der Waals surface area contributed by atoms with Crippen molar-refractivity contribution in [3.05, 3.63) is 35.5 Å². The molecular formula is C22H32F2N8O. The molecule has 180 valence electrons. The van der Waals surface area contributed by atoms with Gasteiger partial charge in [0.05, 0.1) is 35.0 Å². The van der Waals surface area contributed by atoms with Gasteiger partial charge in [-0.05, 0) is 43.7 Å². The molecule has 2 aromatic rings. The van der Waals surface area contributed by atoms with Crippen LogP contribution in [0.4, 0.5) is 14.5 Å². The van der Waals surface area contributed by atoms with Crippen molar-refractivity contribution < 1.29 is 13.5 Å². The number of aromatic nitrogens is 4. The van der Waals surface area contributed by atoms with Crippen molar-refractivity contribution in [3.63, 3.8) is 0 Å². The van der Waals surface area contributed by atoms with Gasteiger partial charge in [0.25, 0.3) is 5.92 Å². The molecule has 0 amide bonds. The lowest BCUT2D eigenvalue weighted by molar-refractivity contribution is -0.0117. The molecule has 1 saturated heterocycles. The Bertz CT molecular complexity index is 1000. The summed E-state index contributed by atoms with van der Waals surface area (Å²) in [6, 6.07) is 3.98. The summed E-state index contributed by atoms with van der Waals surface area (Å²) in [6.07, 6.45) is 4.82. The number of rotatable bonds is 9. The zero-order valence-electron chi connectivity index (χ0n) is 19.2. The number of hydrogen-bond acceptors (Lipinski definition) is 8. The van der Waals surface area contributed by atoms with Crippen LogP contribution in [0, 0.1) is 5.92 Å². The molecule has 0 atom stereocenters. The van der Waals surface area contributed by atoms with Crippen molar-refractivity contribution in [1.82, 2.24) is 24.8 Å². The number of halogens is 2. The summed E-state index contributed by atoms with van der Waals surface area (Å²) in [4.78, 5) is 10.6. The van der Waals surface area contributed by atoms with Gasteiger partial charge >= 0.3 is 6.01 Å². The fourth-order valence-electron chi connectivity index (χ4n) is 4.05. The summed E-state index contributed by atoms with van der Waals surface area (Å²) in [5, 5.41) is 5.62. The van der Waals surface area contributed by atoms with Gasteiger partial charge in [0.2, 0.25) is 0 Å². The molecule has 0 spiro atoms. The van der Waals surface area contributed by atoms with Gasteiger partial charge in [-0.15, -0.1) is 0 Å². The molecule has 4 N–H and O–H groups in total.